The molecule has 2 saturated carbocycles. The van der Waals surface area contributed by atoms with Crippen molar-refractivity contribution < 1.29 is 29.3 Å². The van der Waals surface area contributed by atoms with E-state index in [4.69, 9.17) is 9.47 Å². The van der Waals surface area contributed by atoms with Crippen LogP contribution in [0.3, 0.4) is 0 Å². The van der Waals surface area contributed by atoms with Crippen LogP contribution in [-0.4, -0.2) is 54.7 Å². The Kier molecular flexibility index (Phi) is 9.05. The molecule has 6 atom stereocenters. The van der Waals surface area contributed by atoms with Gasteiger partial charge in [0.2, 0.25) is 5.91 Å². The quantitative estimate of drug-likeness (QED) is 0.422. The van der Waals surface area contributed by atoms with E-state index < -0.39 is 23.7 Å². The number of nitrogens with one attached hydrogen (secondary N) is 2. The summed E-state index contributed by atoms with van der Waals surface area (Å²) in [5, 5.41) is 27.2. The normalized spacial score (nSPS) is 32.3. The number of fused-ring (bicyclic) bond motifs is 1. The maximum absolute atomic E-state index is 12.9. The van der Waals surface area contributed by atoms with Gasteiger partial charge < -0.3 is 30.3 Å². The lowest BCUT2D eigenvalue weighted by molar-refractivity contribution is -0.186. The summed E-state index contributed by atoms with van der Waals surface area (Å²) >= 11 is 0. The molecule has 0 radical (unpaired) electrons. The molecule has 2 aliphatic rings. The average molecular weight is 491 g/mol. The van der Waals surface area contributed by atoms with Crippen LogP contribution in [0.5, 0.6) is 5.75 Å². The zero-order valence-corrected chi connectivity index (χ0v) is 21.5. The van der Waals surface area contributed by atoms with Crippen LogP contribution in [0.1, 0.15) is 64.9 Å². The lowest BCUT2D eigenvalue weighted by atomic mass is 9.46. The molecule has 35 heavy (non-hydrogen) atoms. The Morgan fingerprint density at radius 1 is 1.11 bits per heavy atom. The molecule has 4 N–H and O–H groups in total. The minimum absolute atomic E-state index is 0.0144. The number of aliphatic hydroxyl groups excluding tert-OH is 2. The molecule has 0 unspecified atom stereocenters. The highest BCUT2D eigenvalue weighted by Gasteiger charge is 2.60. The fourth-order valence-electron chi connectivity index (χ4n) is 6.39. The lowest BCUT2D eigenvalue weighted by Gasteiger charge is -2.60. The largest absolute Gasteiger partial charge is 0.497 e. The summed E-state index contributed by atoms with van der Waals surface area (Å²) < 4.78 is 11.0. The fourth-order valence-corrected chi connectivity index (χ4v) is 6.39. The molecule has 1 aromatic rings. The predicted octanol–water partition coefficient (Wildman–Crippen LogP) is 3.39. The average Bonchev–Trinajstić information content (AvgIpc) is 2.85. The van der Waals surface area contributed by atoms with Gasteiger partial charge in [-0.25, -0.2) is 4.79 Å². The molecule has 3 rings (SSSR count). The third kappa shape index (κ3) is 5.92. The van der Waals surface area contributed by atoms with E-state index in [1.165, 1.54) is 0 Å². The second-order valence-electron chi connectivity index (χ2n) is 10.7. The van der Waals surface area contributed by atoms with Gasteiger partial charge in [-0.2, -0.15) is 0 Å². The molecule has 0 aliphatic heterocycles. The first kappa shape index (κ1) is 27.3. The molecule has 8 nitrogen and oxygen atoms in total. The molecule has 0 spiro atoms. The molecule has 1 aromatic carbocycles. The second-order valence-corrected chi connectivity index (χ2v) is 10.7. The standard InChI is InChI=1S/C27H42N2O6/c1-5-14-28-25(33)35-23-12-13-26(2)20(21(31)10-11-22(26)27(23,3)17-30)15-24(32)29-16-18-6-8-19(34-4)9-7-18/h6-9,20-23,30-31H,5,10-17H2,1-4H3,(H,28,33)(H,29,32)/t20-,21-,22-,23+,26-,27+/m1/s1. The summed E-state index contributed by atoms with van der Waals surface area (Å²) in [4.78, 5) is 25.2. The molecular formula is C27H42N2O6. The van der Waals surface area contributed by atoms with E-state index in [2.05, 4.69) is 17.6 Å². The zero-order chi connectivity index (χ0) is 25.6. The maximum atomic E-state index is 12.9. The minimum Gasteiger partial charge on any atom is -0.497 e. The summed E-state index contributed by atoms with van der Waals surface area (Å²) in [7, 11) is 1.61. The molecule has 2 fully saturated rings. The third-order valence-corrected chi connectivity index (χ3v) is 8.50. The molecule has 0 aromatic heterocycles. The van der Waals surface area contributed by atoms with Gasteiger partial charge in [0.05, 0.1) is 19.8 Å². The Hall–Kier alpha value is -2.32. The van der Waals surface area contributed by atoms with Crippen molar-refractivity contribution in [2.75, 3.05) is 20.3 Å². The first-order valence-electron chi connectivity index (χ1n) is 12.8. The monoisotopic (exact) mass is 490 g/mol. The smallest absolute Gasteiger partial charge is 0.407 e. The van der Waals surface area contributed by atoms with Gasteiger partial charge in [-0.3, -0.25) is 4.79 Å². The van der Waals surface area contributed by atoms with Gasteiger partial charge >= 0.3 is 6.09 Å². The van der Waals surface area contributed by atoms with Crippen molar-refractivity contribution in [2.45, 2.75) is 78.0 Å². The molecular weight excluding hydrogens is 448 g/mol. The number of hydrogen-bond acceptors (Lipinski definition) is 6. The van der Waals surface area contributed by atoms with Crippen LogP contribution < -0.4 is 15.4 Å². The van der Waals surface area contributed by atoms with Crippen molar-refractivity contribution in [3.63, 3.8) is 0 Å². The van der Waals surface area contributed by atoms with Crippen LogP contribution in [0.2, 0.25) is 0 Å². The first-order valence-corrected chi connectivity index (χ1v) is 12.8. The zero-order valence-electron chi connectivity index (χ0n) is 21.5. The SMILES string of the molecule is CCCNC(=O)O[C@H]1CC[C@@]2(C)[C@@H](CC[C@@H](O)[C@H]2CC(=O)NCc2ccc(OC)cc2)[C@]1(C)CO. The summed E-state index contributed by atoms with van der Waals surface area (Å²) in [5.74, 6) is 0.437. The van der Waals surface area contributed by atoms with Gasteiger partial charge in [0, 0.05) is 24.9 Å². The van der Waals surface area contributed by atoms with Gasteiger partial charge in [-0.1, -0.05) is 32.9 Å². The van der Waals surface area contributed by atoms with Crippen molar-refractivity contribution >= 4 is 12.0 Å². The van der Waals surface area contributed by atoms with Crippen molar-refractivity contribution in [2.24, 2.45) is 22.7 Å². The van der Waals surface area contributed by atoms with Gasteiger partial charge in [-0.15, -0.1) is 0 Å². The summed E-state index contributed by atoms with van der Waals surface area (Å²) in [6, 6.07) is 7.54. The summed E-state index contributed by atoms with van der Waals surface area (Å²) in [6.45, 7) is 6.91. The molecule has 0 heterocycles. The maximum Gasteiger partial charge on any atom is 0.407 e. The van der Waals surface area contributed by atoms with Crippen LogP contribution >= 0.6 is 0 Å². The Labute approximate surface area is 208 Å². The molecule has 196 valence electrons. The van der Waals surface area contributed by atoms with E-state index in [-0.39, 0.29) is 36.2 Å². The first-order chi connectivity index (χ1) is 16.7. The van der Waals surface area contributed by atoms with E-state index >= 15 is 0 Å². The fraction of sp³-hybridized carbons (Fsp3) is 0.704. The van der Waals surface area contributed by atoms with Gasteiger partial charge in [0.25, 0.3) is 0 Å². The number of alkyl carbamates (subject to hydrolysis) is 1. The summed E-state index contributed by atoms with van der Waals surface area (Å²) in [5.41, 5.74) is -0.0276. The Morgan fingerprint density at radius 3 is 2.46 bits per heavy atom. The minimum atomic E-state index is -0.644. The summed E-state index contributed by atoms with van der Waals surface area (Å²) in [6.07, 6.45) is 2.15. The van der Waals surface area contributed by atoms with Gasteiger partial charge in [0.1, 0.15) is 11.9 Å². The highest BCUT2D eigenvalue weighted by atomic mass is 16.6. The Morgan fingerprint density at radius 2 is 1.83 bits per heavy atom. The molecule has 8 heteroatoms. The van der Waals surface area contributed by atoms with Crippen LogP contribution in [0.4, 0.5) is 4.79 Å². The van der Waals surface area contributed by atoms with E-state index in [0.717, 1.165) is 24.2 Å². The number of carbonyl (C=O) groups is 2. The Balaban J connectivity index is 1.69. The van der Waals surface area contributed by atoms with E-state index in [9.17, 15) is 19.8 Å². The van der Waals surface area contributed by atoms with E-state index in [1.54, 1.807) is 7.11 Å². The number of ether oxygens (including phenoxy) is 2. The topological polar surface area (TPSA) is 117 Å². The van der Waals surface area contributed by atoms with Crippen LogP contribution in [-0.2, 0) is 16.1 Å². The van der Waals surface area contributed by atoms with Crippen molar-refractivity contribution in [3.05, 3.63) is 29.8 Å². The number of methoxy groups -OCH3 is 1. The molecule has 0 saturated heterocycles. The van der Waals surface area contributed by atoms with Gasteiger partial charge in [0.15, 0.2) is 0 Å². The molecule has 0 bridgehead atoms. The lowest BCUT2D eigenvalue weighted by Crippen LogP contribution is -2.61. The van der Waals surface area contributed by atoms with Crippen LogP contribution in [0.15, 0.2) is 24.3 Å². The third-order valence-electron chi connectivity index (χ3n) is 8.50. The number of carbonyl (C=O) groups excluding carboxylic acids is 2. The van der Waals surface area contributed by atoms with Crippen molar-refractivity contribution in [1.29, 1.82) is 0 Å². The van der Waals surface area contributed by atoms with E-state index in [1.807, 2.05) is 38.1 Å². The van der Waals surface area contributed by atoms with E-state index in [0.29, 0.717) is 32.4 Å². The number of rotatable bonds is 9. The van der Waals surface area contributed by atoms with Crippen LogP contribution in [0.25, 0.3) is 0 Å². The number of amides is 2. The van der Waals surface area contributed by atoms with Gasteiger partial charge in [-0.05, 0) is 67.1 Å². The highest BCUT2D eigenvalue weighted by Crippen LogP contribution is 2.61. The Bertz CT molecular complexity index is 862. The molecule has 2 aliphatic carbocycles. The van der Waals surface area contributed by atoms with Crippen molar-refractivity contribution in [1.82, 2.24) is 10.6 Å². The second kappa shape index (κ2) is 11.6. The highest BCUT2D eigenvalue weighted by molar-refractivity contribution is 5.76. The predicted molar refractivity (Wildman–Crippen MR) is 133 cm³/mol. The number of hydrogen-bond donors (Lipinski definition) is 4. The van der Waals surface area contributed by atoms with Crippen LogP contribution in [0, 0.1) is 22.7 Å². The number of benzene rings is 1. The number of aliphatic hydroxyl groups is 2. The van der Waals surface area contributed by atoms with Crippen molar-refractivity contribution in [3.8, 4) is 5.75 Å². The molecule has 2 amide bonds.